The average Bonchev–Trinajstić information content (AvgIpc) is 3.13. The van der Waals surface area contributed by atoms with E-state index in [0.717, 1.165) is 24.2 Å². The molecule has 2 aromatic heterocycles. The lowest BCUT2D eigenvalue weighted by Crippen LogP contribution is -2.41. The summed E-state index contributed by atoms with van der Waals surface area (Å²) < 4.78 is 7.17. The quantitative estimate of drug-likeness (QED) is 0.578. The van der Waals surface area contributed by atoms with Gasteiger partial charge in [-0.3, -0.25) is 14.7 Å². The minimum atomic E-state index is -0.449. The van der Waals surface area contributed by atoms with Gasteiger partial charge in [-0.15, -0.1) is 16.8 Å². The minimum absolute atomic E-state index is 0.0672. The summed E-state index contributed by atoms with van der Waals surface area (Å²) in [5.41, 5.74) is 0.842. The lowest BCUT2D eigenvalue weighted by Gasteiger charge is -2.07. The van der Waals surface area contributed by atoms with Crippen LogP contribution in [0.2, 0.25) is 0 Å². The lowest BCUT2D eigenvalue weighted by atomic mass is 10.2. The summed E-state index contributed by atoms with van der Waals surface area (Å²) in [6.45, 7) is 6.10. The molecule has 0 radical (unpaired) electrons. The van der Waals surface area contributed by atoms with E-state index in [1.54, 1.807) is 12.3 Å². The molecule has 8 nitrogen and oxygen atoms in total. The highest BCUT2D eigenvalue weighted by molar-refractivity contribution is 7.99. The molecule has 3 amide bonds. The minimum Gasteiger partial charge on any atom is -0.469 e. The first-order valence-corrected chi connectivity index (χ1v) is 8.88. The van der Waals surface area contributed by atoms with Crippen LogP contribution in [0.4, 0.5) is 4.79 Å². The summed E-state index contributed by atoms with van der Waals surface area (Å²) in [7, 11) is 0. The van der Waals surface area contributed by atoms with Crippen LogP contribution in [0.3, 0.4) is 0 Å². The van der Waals surface area contributed by atoms with Gasteiger partial charge in [-0.1, -0.05) is 17.8 Å². The van der Waals surface area contributed by atoms with Crippen LogP contribution >= 0.6 is 11.8 Å². The second-order valence-electron chi connectivity index (χ2n) is 5.68. The number of nitrogens with zero attached hydrogens (tertiary/aromatic N) is 3. The predicted octanol–water partition coefficient (Wildman–Crippen LogP) is 2.11. The van der Waals surface area contributed by atoms with Crippen molar-refractivity contribution in [3.63, 3.8) is 0 Å². The van der Waals surface area contributed by atoms with Gasteiger partial charge in [0.05, 0.1) is 17.6 Å². The summed E-state index contributed by atoms with van der Waals surface area (Å²) >= 11 is 1.21. The zero-order valence-corrected chi connectivity index (χ0v) is 14.6. The van der Waals surface area contributed by atoms with Gasteiger partial charge in [-0.25, -0.2) is 4.79 Å². The van der Waals surface area contributed by atoms with Crippen LogP contribution in [0.1, 0.15) is 18.6 Å². The van der Waals surface area contributed by atoms with Gasteiger partial charge in [0.1, 0.15) is 5.76 Å². The molecule has 9 heteroatoms. The lowest BCUT2D eigenvalue weighted by molar-refractivity contribution is -0.117. The predicted molar refractivity (Wildman–Crippen MR) is 93.1 cm³/mol. The van der Waals surface area contributed by atoms with Gasteiger partial charge >= 0.3 is 6.03 Å². The molecule has 0 spiro atoms. The molecule has 0 bridgehead atoms. The van der Waals surface area contributed by atoms with Gasteiger partial charge in [-0.2, -0.15) is 0 Å². The van der Waals surface area contributed by atoms with E-state index in [9.17, 15) is 9.59 Å². The van der Waals surface area contributed by atoms with E-state index in [1.807, 2.05) is 17.6 Å². The zero-order valence-electron chi connectivity index (χ0n) is 13.8. The van der Waals surface area contributed by atoms with E-state index in [0.29, 0.717) is 17.5 Å². The van der Waals surface area contributed by atoms with Crippen LogP contribution in [0.15, 0.2) is 34.6 Å². The molecule has 0 atom stereocenters. The van der Waals surface area contributed by atoms with Gasteiger partial charge in [0.15, 0.2) is 11.0 Å². The molecule has 1 fully saturated rings. The molecule has 0 unspecified atom stereocenters. The highest BCUT2D eigenvalue weighted by atomic mass is 32.2. The van der Waals surface area contributed by atoms with Crippen LogP contribution in [-0.2, 0) is 11.3 Å². The summed E-state index contributed by atoms with van der Waals surface area (Å²) in [6, 6.07) is 1.58. The fourth-order valence-electron chi connectivity index (χ4n) is 2.25. The van der Waals surface area contributed by atoms with E-state index >= 15 is 0 Å². The number of carbonyl (C=O) groups excluding carboxylic acids is 2. The third kappa shape index (κ3) is 4.30. The Kier molecular flexibility index (Phi) is 5.22. The molecule has 132 valence electrons. The number of hydrogen-bond donors (Lipinski definition) is 2. The molecule has 3 rings (SSSR count). The Balaban J connectivity index is 1.64. The summed E-state index contributed by atoms with van der Waals surface area (Å²) in [5.74, 6) is 1.08. The fourth-order valence-corrected chi connectivity index (χ4v) is 3.00. The largest absolute Gasteiger partial charge is 0.469 e. The first-order valence-electron chi connectivity index (χ1n) is 7.90. The smallest absolute Gasteiger partial charge is 0.321 e. The van der Waals surface area contributed by atoms with Crippen LogP contribution in [0.5, 0.6) is 0 Å². The van der Waals surface area contributed by atoms with Crippen molar-refractivity contribution in [3.05, 3.63) is 30.7 Å². The first-order chi connectivity index (χ1) is 12.1. The van der Waals surface area contributed by atoms with E-state index in [2.05, 4.69) is 27.4 Å². The Morgan fingerprint density at radius 2 is 2.28 bits per heavy atom. The number of aromatic nitrogens is 3. The molecular weight excluding hydrogens is 342 g/mol. The molecule has 0 aliphatic heterocycles. The zero-order chi connectivity index (χ0) is 17.8. The van der Waals surface area contributed by atoms with E-state index in [4.69, 9.17) is 4.42 Å². The normalized spacial score (nSPS) is 13.5. The standard InChI is InChI=1S/C16H19N5O3S/c1-3-7-21-14(12-6-8-24-10(12)2)19-20-16(21)25-9-13(22)18-15(23)17-11-4-5-11/h3,6,8,11H,1,4-5,7,9H2,2H3,(H2,17,18,22,23). The molecule has 2 aromatic rings. The average molecular weight is 361 g/mol. The Morgan fingerprint density at radius 3 is 2.92 bits per heavy atom. The molecule has 0 saturated heterocycles. The number of thioether (sulfide) groups is 1. The molecule has 1 saturated carbocycles. The van der Waals surface area contributed by atoms with Crippen LogP contribution in [0, 0.1) is 6.92 Å². The topological polar surface area (TPSA) is 102 Å². The Bertz CT molecular complexity index is 794. The number of allylic oxidation sites excluding steroid dienone is 1. The number of aryl methyl sites for hydroxylation is 1. The summed E-state index contributed by atoms with van der Waals surface area (Å²) in [5, 5.41) is 13.9. The number of urea groups is 1. The van der Waals surface area contributed by atoms with Crippen LogP contribution in [0.25, 0.3) is 11.4 Å². The van der Waals surface area contributed by atoms with E-state index in [1.165, 1.54) is 11.8 Å². The number of hydrogen-bond acceptors (Lipinski definition) is 6. The monoisotopic (exact) mass is 361 g/mol. The number of rotatable bonds is 7. The second kappa shape index (κ2) is 7.56. The van der Waals surface area contributed by atoms with Gasteiger partial charge in [0.25, 0.3) is 0 Å². The summed E-state index contributed by atoms with van der Waals surface area (Å²) in [4.78, 5) is 23.5. The Morgan fingerprint density at radius 1 is 1.48 bits per heavy atom. The Hall–Kier alpha value is -2.55. The molecule has 1 aliphatic rings. The molecular formula is C16H19N5O3S. The third-order valence-corrected chi connectivity index (χ3v) is 4.59. The van der Waals surface area contributed by atoms with Crippen molar-refractivity contribution < 1.29 is 14.0 Å². The highest BCUT2D eigenvalue weighted by Crippen LogP contribution is 2.27. The fraction of sp³-hybridized carbons (Fsp3) is 0.375. The van der Waals surface area contributed by atoms with Crippen molar-refractivity contribution in [2.75, 3.05) is 5.75 Å². The molecule has 0 aromatic carbocycles. The van der Waals surface area contributed by atoms with Gasteiger partial charge in [-0.05, 0) is 25.8 Å². The van der Waals surface area contributed by atoms with Gasteiger partial charge in [0, 0.05) is 12.6 Å². The van der Waals surface area contributed by atoms with Crippen molar-refractivity contribution in [3.8, 4) is 11.4 Å². The SMILES string of the molecule is C=CCn1c(SCC(=O)NC(=O)NC2CC2)nnc1-c1ccoc1C. The number of amides is 3. The maximum atomic E-state index is 11.9. The van der Waals surface area contributed by atoms with Crippen LogP contribution < -0.4 is 10.6 Å². The second-order valence-corrected chi connectivity index (χ2v) is 6.62. The Labute approximate surface area is 149 Å². The third-order valence-electron chi connectivity index (χ3n) is 3.63. The van der Waals surface area contributed by atoms with Crippen LogP contribution in [-0.4, -0.2) is 38.5 Å². The van der Waals surface area contributed by atoms with Gasteiger partial charge < -0.3 is 9.73 Å². The molecule has 1 aliphatic carbocycles. The number of nitrogens with one attached hydrogen (secondary N) is 2. The van der Waals surface area contributed by atoms with Crippen molar-refractivity contribution in [1.29, 1.82) is 0 Å². The number of imide groups is 1. The highest BCUT2D eigenvalue weighted by Gasteiger charge is 2.24. The first kappa shape index (κ1) is 17.3. The van der Waals surface area contributed by atoms with Crippen molar-refractivity contribution in [1.82, 2.24) is 25.4 Å². The van der Waals surface area contributed by atoms with E-state index < -0.39 is 6.03 Å². The maximum Gasteiger partial charge on any atom is 0.321 e. The van der Waals surface area contributed by atoms with Crippen molar-refractivity contribution >= 4 is 23.7 Å². The maximum absolute atomic E-state index is 11.9. The summed E-state index contributed by atoms with van der Waals surface area (Å²) in [6.07, 6.45) is 5.26. The molecule has 2 heterocycles. The van der Waals surface area contributed by atoms with Crippen molar-refractivity contribution in [2.45, 2.75) is 37.5 Å². The van der Waals surface area contributed by atoms with Gasteiger partial charge in [0.2, 0.25) is 5.91 Å². The van der Waals surface area contributed by atoms with E-state index in [-0.39, 0.29) is 17.7 Å². The number of furan rings is 1. The molecule has 2 N–H and O–H groups in total. The van der Waals surface area contributed by atoms with Crippen molar-refractivity contribution in [2.24, 2.45) is 0 Å². The number of carbonyl (C=O) groups is 2. The molecule has 25 heavy (non-hydrogen) atoms.